The van der Waals surface area contributed by atoms with E-state index in [1.54, 1.807) is 6.20 Å². The van der Waals surface area contributed by atoms with Crippen molar-refractivity contribution in [3.05, 3.63) is 21.8 Å². The van der Waals surface area contributed by atoms with E-state index in [4.69, 9.17) is 11.6 Å². The van der Waals surface area contributed by atoms with Crippen molar-refractivity contribution in [1.82, 2.24) is 10.3 Å². The van der Waals surface area contributed by atoms with Gasteiger partial charge < -0.3 is 10.2 Å². The van der Waals surface area contributed by atoms with Crippen LogP contribution in [0.5, 0.6) is 0 Å². The van der Waals surface area contributed by atoms with Crippen LogP contribution in [0.2, 0.25) is 5.02 Å². The molecule has 1 unspecified atom stereocenters. The summed E-state index contributed by atoms with van der Waals surface area (Å²) in [6.45, 7) is 2.10. The van der Waals surface area contributed by atoms with Crippen molar-refractivity contribution in [3.63, 3.8) is 0 Å². The Balaban J connectivity index is 2.20. The second-order valence-electron chi connectivity index (χ2n) is 3.72. The van der Waals surface area contributed by atoms with Crippen LogP contribution in [0, 0.1) is 0 Å². The molecule has 1 atom stereocenters. The molecule has 0 aliphatic carbocycles. The van der Waals surface area contributed by atoms with Gasteiger partial charge in [-0.05, 0) is 35.0 Å². The summed E-state index contributed by atoms with van der Waals surface area (Å²) in [4.78, 5) is 6.54. The third-order valence-electron chi connectivity index (χ3n) is 2.70. The molecule has 0 saturated carbocycles. The number of hydrogen-bond acceptors (Lipinski definition) is 3. The summed E-state index contributed by atoms with van der Waals surface area (Å²) in [5, 5.41) is 4.00. The number of nitrogens with zero attached hydrogens (tertiary/aromatic N) is 2. The number of rotatable bonds is 2. The highest BCUT2D eigenvalue weighted by molar-refractivity contribution is 9.10. The van der Waals surface area contributed by atoms with E-state index in [0.29, 0.717) is 11.1 Å². The maximum atomic E-state index is 5.86. The zero-order valence-corrected chi connectivity index (χ0v) is 10.8. The summed E-state index contributed by atoms with van der Waals surface area (Å²) in [7, 11) is 2.07. The smallest absolute Gasteiger partial charge is 0.143 e. The Kier molecular flexibility index (Phi) is 3.49. The molecule has 0 spiro atoms. The van der Waals surface area contributed by atoms with Crippen molar-refractivity contribution in [2.24, 2.45) is 0 Å². The Morgan fingerprint density at radius 3 is 3.07 bits per heavy atom. The van der Waals surface area contributed by atoms with Gasteiger partial charge in [0.2, 0.25) is 0 Å². The summed E-state index contributed by atoms with van der Waals surface area (Å²) in [5.74, 6) is 0.952. The molecular weight excluding hydrogens is 277 g/mol. The molecule has 1 fully saturated rings. The summed E-state index contributed by atoms with van der Waals surface area (Å²) in [5.41, 5.74) is 0. The average molecular weight is 291 g/mol. The van der Waals surface area contributed by atoms with Gasteiger partial charge in [-0.1, -0.05) is 11.6 Å². The molecule has 1 aromatic heterocycles. The van der Waals surface area contributed by atoms with Gasteiger partial charge in [-0.3, -0.25) is 0 Å². The van der Waals surface area contributed by atoms with Gasteiger partial charge in [0.25, 0.3) is 0 Å². The van der Waals surface area contributed by atoms with Gasteiger partial charge in [0, 0.05) is 25.8 Å². The molecule has 0 radical (unpaired) electrons. The SMILES string of the molecule is CN(c1ncc(Cl)cc1Br)C1CCNC1. The minimum absolute atomic E-state index is 0.523. The lowest BCUT2D eigenvalue weighted by molar-refractivity contribution is 0.676. The van der Waals surface area contributed by atoms with Gasteiger partial charge in [0.05, 0.1) is 9.50 Å². The van der Waals surface area contributed by atoms with E-state index in [9.17, 15) is 0 Å². The van der Waals surface area contributed by atoms with Gasteiger partial charge in [-0.25, -0.2) is 4.98 Å². The van der Waals surface area contributed by atoms with Gasteiger partial charge in [-0.2, -0.15) is 0 Å². The fourth-order valence-corrected chi connectivity index (χ4v) is 2.73. The third-order valence-corrected chi connectivity index (χ3v) is 3.49. The fourth-order valence-electron chi connectivity index (χ4n) is 1.81. The molecule has 1 aliphatic rings. The van der Waals surface area contributed by atoms with E-state index in [2.05, 4.69) is 38.2 Å². The van der Waals surface area contributed by atoms with E-state index in [-0.39, 0.29) is 0 Å². The minimum atomic E-state index is 0.523. The highest BCUT2D eigenvalue weighted by Gasteiger charge is 2.21. The van der Waals surface area contributed by atoms with Crippen molar-refractivity contribution in [2.45, 2.75) is 12.5 Å². The Morgan fingerprint density at radius 1 is 1.67 bits per heavy atom. The summed E-state index contributed by atoms with van der Waals surface area (Å²) >= 11 is 9.34. The van der Waals surface area contributed by atoms with Gasteiger partial charge in [0.1, 0.15) is 5.82 Å². The van der Waals surface area contributed by atoms with Crippen LogP contribution in [-0.4, -0.2) is 31.2 Å². The highest BCUT2D eigenvalue weighted by atomic mass is 79.9. The fraction of sp³-hybridized carbons (Fsp3) is 0.500. The van der Waals surface area contributed by atoms with Crippen molar-refractivity contribution in [2.75, 3.05) is 25.0 Å². The van der Waals surface area contributed by atoms with Gasteiger partial charge in [-0.15, -0.1) is 0 Å². The van der Waals surface area contributed by atoms with Crippen LogP contribution in [0.1, 0.15) is 6.42 Å². The second-order valence-corrected chi connectivity index (χ2v) is 5.01. The number of likely N-dealkylation sites (N-methyl/N-ethyl adjacent to an activating group) is 1. The Bertz CT molecular complexity index is 353. The first-order chi connectivity index (χ1) is 7.18. The maximum absolute atomic E-state index is 5.86. The van der Waals surface area contributed by atoms with Crippen LogP contribution in [0.3, 0.4) is 0 Å². The molecule has 1 saturated heterocycles. The third kappa shape index (κ3) is 2.44. The summed E-state index contributed by atoms with van der Waals surface area (Å²) in [6.07, 6.45) is 2.84. The summed E-state index contributed by atoms with van der Waals surface area (Å²) < 4.78 is 0.949. The molecule has 1 aromatic rings. The molecule has 3 nitrogen and oxygen atoms in total. The standard InChI is InChI=1S/C10H13BrClN3/c1-15(8-2-3-13-6-8)10-9(11)4-7(12)5-14-10/h4-5,8,13H,2-3,6H2,1H3. The number of halogens is 2. The van der Waals surface area contributed by atoms with E-state index in [1.165, 1.54) is 0 Å². The second kappa shape index (κ2) is 4.68. The van der Waals surface area contributed by atoms with Crippen LogP contribution in [-0.2, 0) is 0 Å². The minimum Gasteiger partial charge on any atom is -0.354 e. The van der Waals surface area contributed by atoms with E-state index >= 15 is 0 Å². The highest BCUT2D eigenvalue weighted by Crippen LogP contribution is 2.27. The largest absolute Gasteiger partial charge is 0.354 e. The molecule has 0 bridgehead atoms. The molecular formula is C10H13BrClN3. The van der Waals surface area contributed by atoms with Gasteiger partial charge in [0.15, 0.2) is 0 Å². The van der Waals surface area contributed by atoms with Crippen LogP contribution < -0.4 is 10.2 Å². The molecule has 1 aliphatic heterocycles. The van der Waals surface area contributed by atoms with Crippen molar-refractivity contribution < 1.29 is 0 Å². The number of anilines is 1. The predicted molar refractivity (Wildman–Crippen MR) is 66.6 cm³/mol. The van der Waals surface area contributed by atoms with Crippen LogP contribution in [0.25, 0.3) is 0 Å². The van der Waals surface area contributed by atoms with Crippen molar-refractivity contribution >= 4 is 33.3 Å². The lowest BCUT2D eigenvalue weighted by Crippen LogP contribution is -2.34. The Morgan fingerprint density at radius 2 is 2.47 bits per heavy atom. The molecule has 82 valence electrons. The van der Waals surface area contributed by atoms with E-state index < -0.39 is 0 Å². The molecule has 0 aromatic carbocycles. The lowest BCUT2D eigenvalue weighted by atomic mass is 10.2. The number of aromatic nitrogens is 1. The lowest BCUT2D eigenvalue weighted by Gasteiger charge is -2.25. The van der Waals surface area contributed by atoms with Gasteiger partial charge >= 0.3 is 0 Å². The van der Waals surface area contributed by atoms with Crippen LogP contribution in [0.4, 0.5) is 5.82 Å². The monoisotopic (exact) mass is 289 g/mol. The van der Waals surface area contributed by atoms with Crippen LogP contribution in [0.15, 0.2) is 16.7 Å². The number of hydrogen-bond donors (Lipinski definition) is 1. The molecule has 5 heteroatoms. The number of pyridine rings is 1. The van der Waals surface area contributed by atoms with Crippen LogP contribution >= 0.6 is 27.5 Å². The topological polar surface area (TPSA) is 28.2 Å². The zero-order valence-electron chi connectivity index (χ0n) is 8.50. The quantitative estimate of drug-likeness (QED) is 0.906. The first-order valence-electron chi connectivity index (χ1n) is 4.93. The normalized spacial score (nSPS) is 20.6. The zero-order chi connectivity index (χ0) is 10.8. The Hall–Kier alpha value is -0.320. The Labute approximate surface area is 103 Å². The van der Waals surface area contributed by atoms with Crippen molar-refractivity contribution in [3.8, 4) is 0 Å². The molecule has 2 heterocycles. The summed E-state index contributed by atoms with van der Waals surface area (Å²) in [6, 6.07) is 2.40. The maximum Gasteiger partial charge on any atom is 0.143 e. The first-order valence-corrected chi connectivity index (χ1v) is 6.10. The molecule has 0 amide bonds. The molecule has 15 heavy (non-hydrogen) atoms. The van der Waals surface area contributed by atoms with E-state index in [0.717, 1.165) is 29.8 Å². The average Bonchev–Trinajstić information content (AvgIpc) is 2.69. The van der Waals surface area contributed by atoms with E-state index in [1.807, 2.05) is 6.07 Å². The molecule has 1 N–H and O–H groups in total. The van der Waals surface area contributed by atoms with Crippen molar-refractivity contribution in [1.29, 1.82) is 0 Å². The molecule has 2 rings (SSSR count). The first kappa shape index (κ1) is 11.2. The number of nitrogens with one attached hydrogen (secondary N) is 1. The predicted octanol–water partition coefficient (Wildman–Crippen LogP) is 2.30.